The van der Waals surface area contributed by atoms with E-state index in [0.717, 1.165) is 27.8 Å². The first kappa shape index (κ1) is 22.6. The zero-order valence-corrected chi connectivity index (χ0v) is 18.9. The van der Waals surface area contributed by atoms with Crippen LogP contribution in [0.2, 0.25) is 5.02 Å². The number of aliphatic imine (C=N–C) groups is 1. The van der Waals surface area contributed by atoms with Crippen molar-refractivity contribution in [2.45, 2.75) is 19.4 Å². The highest BCUT2D eigenvalue weighted by Gasteiger charge is 2.19. The van der Waals surface area contributed by atoms with E-state index in [1.807, 2.05) is 61.6 Å². The summed E-state index contributed by atoms with van der Waals surface area (Å²) in [6.45, 7) is 0.716. The van der Waals surface area contributed by atoms with Gasteiger partial charge in [0.15, 0.2) is 5.88 Å². The molecule has 4 N–H and O–H groups in total. The Morgan fingerprint density at radius 3 is 2.58 bits per heavy atom. The van der Waals surface area contributed by atoms with Crippen LogP contribution in [0.4, 0.5) is 5.69 Å². The van der Waals surface area contributed by atoms with Gasteiger partial charge in [-0.15, -0.1) is 0 Å². The number of carboxylic acid groups (broad SMARTS) is 1. The summed E-state index contributed by atoms with van der Waals surface area (Å²) in [5, 5.41) is 24.3. The summed E-state index contributed by atoms with van der Waals surface area (Å²) in [5.41, 5.74) is 5.48. The van der Waals surface area contributed by atoms with Crippen molar-refractivity contribution in [2.75, 3.05) is 7.05 Å². The lowest BCUT2D eigenvalue weighted by atomic mass is 9.98. The highest BCUT2D eigenvalue weighted by atomic mass is 35.5. The van der Waals surface area contributed by atoms with Crippen LogP contribution in [0, 0.1) is 0 Å². The summed E-state index contributed by atoms with van der Waals surface area (Å²) in [6, 6.07) is 20.9. The van der Waals surface area contributed by atoms with Gasteiger partial charge in [0.2, 0.25) is 0 Å². The molecule has 4 rings (SSSR count). The van der Waals surface area contributed by atoms with E-state index in [1.165, 1.54) is 0 Å². The van der Waals surface area contributed by atoms with Crippen molar-refractivity contribution < 1.29 is 15.0 Å². The van der Waals surface area contributed by atoms with Gasteiger partial charge in [-0.25, -0.2) is 4.99 Å². The lowest BCUT2D eigenvalue weighted by Crippen LogP contribution is -2.05. The van der Waals surface area contributed by atoms with E-state index in [2.05, 4.69) is 10.3 Å². The lowest BCUT2D eigenvalue weighted by Gasteiger charge is -2.10. The van der Waals surface area contributed by atoms with Crippen molar-refractivity contribution in [3.05, 3.63) is 94.0 Å². The summed E-state index contributed by atoms with van der Waals surface area (Å²) >= 11 is 6.14. The fourth-order valence-electron chi connectivity index (χ4n) is 3.81. The number of hydrogen-bond donors (Lipinski definition) is 4. The van der Waals surface area contributed by atoms with Crippen LogP contribution in [-0.4, -0.2) is 33.9 Å². The van der Waals surface area contributed by atoms with Gasteiger partial charge in [-0.05, 0) is 48.9 Å². The maximum atomic E-state index is 10.9. The van der Waals surface area contributed by atoms with E-state index in [9.17, 15) is 9.90 Å². The molecule has 1 heterocycles. The number of halogens is 1. The highest BCUT2D eigenvalue weighted by Crippen LogP contribution is 2.33. The first-order valence-electron chi connectivity index (χ1n) is 10.6. The van der Waals surface area contributed by atoms with Crippen molar-refractivity contribution >= 4 is 39.9 Å². The largest absolute Gasteiger partial charge is 0.494 e. The van der Waals surface area contributed by atoms with Gasteiger partial charge in [0.1, 0.15) is 0 Å². The molecule has 0 spiro atoms. The van der Waals surface area contributed by atoms with E-state index in [4.69, 9.17) is 21.7 Å². The Morgan fingerprint density at radius 2 is 1.85 bits per heavy atom. The SMILES string of the molecule is CNCc1cccc(N=C(c2ccc(CCC(=O)O)cc2)c2c(O)[nH]c3cc(Cl)ccc23)c1. The van der Waals surface area contributed by atoms with Gasteiger partial charge in [0.05, 0.1) is 22.5 Å². The molecule has 0 unspecified atom stereocenters. The molecular weight excluding hydrogens is 438 g/mol. The first-order valence-corrected chi connectivity index (χ1v) is 11.0. The van der Waals surface area contributed by atoms with Crippen LogP contribution in [0.15, 0.2) is 71.7 Å². The maximum Gasteiger partial charge on any atom is 0.303 e. The van der Waals surface area contributed by atoms with Gasteiger partial charge >= 0.3 is 5.97 Å². The molecule has 0 aliphatic rings. The first-order chi connectivity index (χ1) is 15.9. The van der Waals surface area contributed by atoms with Gasteiger partial charge in [-0.2, -0.15) is 0 Å². The monoisotopic (exact) mass is 461 g/mol. The quantitative estimate of drug-likeness (QED) is 0.263. The number of nitrogens with zero attached hydrogens (tertiary/aromatic N) is 1. The number of rotatable bonds is 8. The average molecular weight is 462 g/mol. The van der Waals surface area contributed by atoms with Gasteiger partial charge in [-0.1, -0.05) is 54.1 Å². The molecule has 0 fully saturated rings. The van der Waals surface area contributed by atoms with Crippen LogP contribution in [-0.2, 0) is 17.8 Å². The minimum Gasteiger partial charge on any atom is -0.494 e. The van der Waals surface area contributed by atoms with Crippen LogP contribution in [0.5, 0.6) is 5.88 Å². The summed E-state index contributed by atoms with van der Waals surface area (Å²) in [6.07, 6.45) is 0.521. The van der Waals surface area contributed by atoms with Gasteiger partial charge in [0.25, 0.3) is 0 Å². The van der Waals surface area contributed by atoms with Crippen molar-refractivity contribution in [3.8, 4) is 5.88 Å². The van der Waals surface area contributed by atoms with Crippen LogP contribution < -0.4 is 5.32 Å². The molecule has 0 radical (unpaired) electrons. The smallest absolute Gasteiger partial charge is 0.303 e. The standard InChI is InChI=1S/C26H24ClN3O3/c1-28-15-17-3-2-4-20(13-17)29-25(18-8-5-16(6-9-18)7-12-23(31)32)24-21-11-10-19(27)14-22(21)30-26(24)33/h2-6,8-11,13-14,28,30,33H,7,12,15H2,1H3,(H,31,32). The van der Waals surface area contributed by atoms with E-state index in [-0.39, 0.29) is 12.3 Å². The zero-order valence-electron chi connectivity index (χ0n) is 18.1. The second kappa shape index (κ2) is 9.90. The minimum atomic E-state index is -0.829. The summed E-state index contributed by atoms with van der Waals surface area (Å²) in [5.74, 6) is -0.822. The Labute approximate surface area is 196 Å². The Balaban J connectivity index is 1.84. The van der Waals surface area contributed by atoms with Crippen LogP contribution in [0.25, 0.3) is 10.9 Å². The van der Waals surface area contributed by atoms with E-state index in [0.29, 0.717) is 34.8 Å². The molecule has 0 saturated carbocycles. The predicted octanol–water partition coefficient (Wildman–Crippen LogP) is 5.43. The third-order valence-electron chi connectivity index (χ3n) is 5.36. The predicted molar refractivity (Wildman–Crippen MR) is 132 cm³/mol. The fourth-order valence-corrected chi connectivity index (χ4v) is 3.98. The number of aromatic hydroxyl groups is 1. The topological polar surface area (TPSA) is 97.7 Å². The minimum absolute atomic E-state index is 0.00681. The van der Waals surface area contributed by atoms with Crippen molar-refractivity contribution in [3.63, 3.8) is 0 Å². The molecule has 7 heteroatoms. The number of aromatic amines is 1. The second-order valence-electron chi connectivity index (χ2n) is 7.79. The number of hydrogen-bond acceptors (Lipinski definition) is 4. The average Bonchev–Trinajstić information content (AvgIpc) is 3.11. The molecule has 0 bridgehead atoms. The third kappa shape index (κ3) is 5.25. The molecule has 0 amide bonds. The number of H-pyrrole nitrogens is 1. The second-order valence-corrected chi connectivity index (χ2v) is 8.23. The normalized spacial score (nSPS) is 11.8. The summed E-state index contributed by atoms with van der Waals surface area (Å²) in [7, 11) is 1.89. The molecule has 33 heavy (non-hydrogen) atoms. The molecule has 6 nitrogen and oxygen atoms in total. The molecule has 168 valence electrons. The number of aromatic nitrogens is 1. The molecule has 0 aliphatic heterocycles. The maximum absolute atomic E-state index is 10.9. The number of aryl methyl sites for hydroxylation is 1. The fraction of sp³-hybridized carbons (Fsp3) is 0.154. The highest BCUT2D eigenvalue weighted by molar-refractivity contribution is 6.31. The number of carboxylic acids is 1. The van der Waals surface area contributed by atoms with Crippen LogP contribution >= 0.6 is 11.6 Å². The number of nitrogens with one attached hydrogen (secondary N) is 2. The summed E-state index contributed by atoms with van der Waals surface area (Å²) in [4.78, 5) is 18.8. The Hall–Kier alpha value is -3.61. The van der Waals surface area contributed by atoms with Gasteiger partial charge in [0, 0.05) is 28.9 Å². The Bertz CT molecular complexity index is 1330. The Kier molecular flexibility index (Phi) is 6.77. The number of aliphatic carboxylic acids is 1. The van der Waals surface area contributed by atoms with E-state index in [1.54, 1.807) is 12.1 Å². The molecule has 0 saturated heterocycles. The number of benzene rings is 3. The number of fused-ring (bicyclic) bond motifs is 1. The lowest BCUT2D eigenvalue weighted by molar-refractivity contribution is -0.136. The molecule has 4 aromatic rings. The molecule has 1 aromatic heterocycles. The third-order valence-corrected chi connectivity index (χ3v) is 5.60. The Morgan fingerprint density at radius 1 is 1.06 bits per heavy atom. The molecular formula is C26H24ClN3O3. The number of carbonyl (C=O) groups is 1. The van der Waals surface area contributed by atoms with Gasteiger partial charge < -0.3 is 20.5 Å². The van der Waals surface area contributed by atoms with Gasteiger partial charge in [-0.3, -0.25) is 4.79 Å². The molecule has 0 aliphatic carbocycles. The van der Waals surface area contributed by atoms with E-state index < -0.39 is 5.97 Å². The molecule has 0 atom stereocenters. The van der Waals surface area contributed by atoms with Crippen molar-refractivity contribution in [1.82, 2.24) is 10.3 Å². The molecule has 3 aromatic carbocycles. The van der Waals surface area contributed by atoms with Crippen LogP contribution in [0.3, 0.4) is 0 Å². The zero-order chi connectivity index (χ0) is 23.4. The van der Waals surface area contributed by atoms with Crippen LogP contribution in [0.1, 0.15) is 28.7 Å². The van der Waals surface area contributed by atoms with Crippen molar-refractivity contribution in [2.24, 2.45) is 4.99 Å². The summed E-state index contributed by atoms with van der Waals surface area (Å²) < 4.78 is 0. The van der Waals surface area contributed by atoms with Crippen molar-refractivity contribution in [1.29, 1.82) is 0 Å². The van der Waals surface area contributed by atoms with E-state index >= 15 is 0 Å².